The number of ether oxygens (including phenoxy) is 2. The van der Waals surface area contributed by atoms with Crippen LogP contribution in [0.5, 0.6) is 5.75 Å². The quantitative estimate of drug-likeness (QED) is 0.918. The van der Waals surface area contributed by atoms with Crippen LogP contribution in [0.1, 0.15) is 29.8 Å². The zero-order valence-electron chi connectivity index (χ0n) is 13.2. The van der Waals surface area contributed by atoms with E-state index < -0.39 is 5.60 Å². The van der Waals surface area contributed by atoms with Gasteiger partial charge in [0, 0.05) is 19.6 Å². The van der Waals surface area contributed by atoms with Crippen LogP contribution in [0.4, 0.5) is 0 Å². The lowest BCUT2D eigenvalue weighted by Crippen LogP contribution is -2.56. The molecule has 1 aromatic carbocycles. The lowest BCUT2D eigenvalue weighted by molar-refractivity contribution is -0.122. The van der Waals surface area contributed by atoms with E-state index in [0.717, 1.165) is 5.56 Å². The predicted molar refractivity (Wildman–Crippen MR) is 81.6 cm³/mol. The molecule has 1 fully saturated rings. The normalized spacial score (nSPS) is 21.2. The summed E-state index contributed by atoms with van der Waals surface area (Å²) >= 11 is 0. The second-order valence-corrected chi connectivity index (χ2v) is 6.12. The highest BCUT2D eigenvalue weighted by atomic mass is 16.5. The van der Waals surface area contributed by atoms with Crippen LogP contribution in [0.2, 0.25) is 0 Å². The number of hydrogen-bond donors (Lipinski definition) is 1. The summed E-state index contributed by atoms with van der Waals surface area (Å²) in [4.78, 5) is 14.6. The topological polar surface area (TPSA) is 64.8 Å². The first kappa shape index (κ1) is 15.8. The van der Waals surface area contributed by atoms with E-state index in [-0.39, 0.29) is 12.0 Å². The molecule has 116 valence electrons. The molecule has 0 bridgehead atoms. The van der Waals surface area contributed by atoms with Gasteiger partial charge in [-0.15, -0.1) is 0 Å². The molecule has 0 radical (unpaired) electrons. The fourth-order valence-electron chi connectivity index (χ4n) is 2.73. The number of amides is 1. The summed E-state index contributed by atoms with van der Waals surface area (Å²) in [5.74, 6) is 0.560. The molecule has 0 aromatic heterocycles. The third kappa shape index (κ3) is 3.54. The molecule has 1 unspecified atom stereocenters. The Hall–Kier alpha value is -1.59. The van der Waals surface area contributed by atoms with Gasteiger partial charge in [-0.3, -0.25) is 4.79 Å². The molecular formula is C16H24N2O3. The van der Waals surface area contributed by atoms with E-state index in [2.05, 4.69) is 0 Å². The van der Waals surface area contributed by atoms with Gasteiger partial charge in [-0.25, -0.2) is 0 Å². The number of benzene rings is 1. The Balaban J connectivity index is 2.28. The van der Waals surface area contributed by atoms with Crippen LogP contribution in [0, 0.1) is 6.92 Å². The van der Waals surface area contributed by atoms with Gasteiger partial charge in [0.15, 0.2) is 0 Å². The zero-order valence-corrected chi connectivity index (χ0v) is 13.2. The first-order valence-electron chi connectivity index (χ1n) is 7.18. The first-order chi connectivity index (χ1) is 9.86. The predicted octanol–water partition coefficient (Wildman–Crippen LogP) is 1.58. The summed E-state index contributed by atoms with van der Waals surface area (Å²) in [6.07, 6.45) is -0.131. The molecule has 1 amide bonds. The standard InChI is InChI=1S/C16H24N2O3/c1-11-5-6-14(20-4)13(7-11)15(19)18-9-12(8-17)21-16(2,3)10-18/h5-7,12H,8-10,17H2,1-4H3. The highest BCUT2D eigenvalue weighted by Crippen LogP contribution is 2.26. The molecular weight excluding hydrogens is 268 g/mol. The van der Waals surface area contributed by atoms with Gasteiger partial charge in [-0.2, -0.15) is 0 Å². The van der Waals surface area contributed by atoms with Crippen molar-refractivity contribution in [3.8, 4) is 5.75 Å². The molecule has 1 aliphatic rings. The summed E-state index contributed by atoms with van der Waals surface area (Å²) < 4.78 is 11.2. The van der Waals surface area contributed by atoms with E-state index in [1.54, 1.807) is 12.0 Å². The van der Waals surface area contributed by atoms with E-state index in [1.807, 2.05) is 39.0 Å². The summed E-state index contributed by atoms with van der Waals surface area (Å²) in [5.41, 5.74) is 6.94. The maximum Gasteiger partial charge on any atom is 0.257 e. The maximum absolute atomic E-state index is 12.8. The molecule has 1 atom stereocenters. The Bertz CT molecular complexity index is 528. The fourth-order valence-corrected chi connectivity index (χ4v) is 2.73. The SMILES string of the molecule is COc1ccc(C)cc1C(=O)N1CC(CN)OC(C)(C)C1. The lowest BCUT2D eigenvalue weighted by atomic mass is 10.0. The molecule has 1 heterocycles. The molecule has 0 aliphatic carbocycles. The monoisotopic (exact) mass is 292 g/mol. The van der Waals surface area contributed by atoms with Crippen LogP contribution in [-0.2, 0) is 4.74 Å². The molecule has 5 nitrogen and oxygen atoms in total. The van der Waals surface area contributed by atoms with Gasteiger partial charge in [-0.05, 0) is 32.9 Å². The summed E-state index contributed by atoms with van der Waals surface area (Å²) in [6.45, 7) is 7.36. The number of morpholine rings is 1. The average Bonchev–Trinajstić information content (AvgIpc) is 2.44. The molecule has 5 heteroatoms. The van der Waals surface area contributed by atoms with Crippen molar-refractivity contribution in [2.24, 2.45) is 5.73 Å². The van der Waals surface area contributed by atoms with E-state index in [0.29, 0.717) is 30.9 Å². The van der Waals surface area contributed by atoms with Crippen LogP contribution >= 0.6 is 0 Å². The number of rotatable bonds is 3. The molecule has 0 spiro atoms. The van der Waals surface area contributed by atoms with E-state index in [4.69, 9.17) is 15.2 Å². The largest absolute Gasteiger partial charge is 0.496 e. The smallest absolute Gasteiger partial charge is 0.257 e. The number of aryl methyl sites for hydroxylation is 1. The first-order valence-corrected chi connectivity index (χ1v) is 7.18. The molecule has 0 saturated carbocycles. The van der Waals surface area contributed by atoms with Crippen molar-refractivity contribution in [1.29, 1.82) is 0 Å². The van der Waals surface area contributed by atoms with Gasteiger partial charge in [0.25, 0.3) is 5.91 Å². The fraction of sp³-hybridized carbons (Fsp3) is 0.562. The van der Waals surface area contributed by atoms with Gasteiger partial charge < -0.3 is 20.1 Å². The number of nitrogens with zero attached hydrogens (tertiary/aromatic N) is 1. The molecule has 1 aliphatic heterocycles. The zero-order chi connectivity index (χ0) is 15.6. The highest BCUT2D eigenvalue weighted by molar-refractivity contribution is 5.97. The summed E-state index contributed by atoms with van der Waals surface area (Å²) in [6, 6.07) is 5.62. The number of hydrogen-bond acceptors (Lipinski definition) is 4. The van der Waals surface area contributed by atoms with Gasteiger partial charge in [0.1, 0.15) is 5.75 Å². The van der Waals surface area contributed by atoms with Crippen molar-refractivity contribution in [3.05, 3.63) is 29.3 Å². The highest BCUT2D eigenvalue weighted by Gasteiger charge is 2.36. The van der Waals surface area contributed by atoms with Crippen LogP contribution in [0.15, 0.2) is 18.2 Å². The van der Waals surface area contributed by atoms with Crippen LogP contribution < -0.4 is 10.5 Å². The average molecular weight is 292 g/mol. The van der Waals surface area contributed by atoms with Crippen molar-refractivity contribution in [1.82, 2.24) is 4.90 Å². The molecule has 1 saturated heterocycles. The maximum atomic E-state index is 12.8. The van der Waals surface area contributed by atoms with Crippen molar-refractivity contribution in [2.45, 2.75) is 32.5 Å². The number of nitrogens with two attached hydrogens (primary N) is 1. The molecule has 2 N–H and O–H groups in total. The van der Waals surface area contributed by atoms with Gasteiger partial charge in [-0.1, -0.05) is 11.6 Å². The van der Waals surface area contributed by atoms with Crippen molar-refractivity contribution in [3.63, 3.8) is 0 Å². The minimum absolute atomic E-state index is 0.0367. The second kappa shape index (κ2) is 6.03. The Morgan fingerprint density at radius 3 is 2.86 bits per heavy atom. The number of carbonyl (C=O) groups is 1. The molecule has 2 rings (SSSR count). The lowest BCUT2D eigenvalue weighted by Gasteiger charge is -2.42. The van der Waals surface area contributed by atoms with E-state index >= 15 is 0 Å². The Morgan fingerprint density at radius 2 is 2.24 bits per heavy atom. The minimum Gasteiger partial charge on any atom is -0.496 e. The van der Waals surface area contributed by atoms with Gasteiger partial charge in [0.05, 0.1) is 24.4 Å². The second-order valence-electron chi connectivity index (χ2n) is 6.12. The van der Waals surface area contributed by atoms with Crippen LogP contribution in [0.25, 0.3) is 0 Å². The number of carbonyl (C=O) groups excluding carboxylic acids is 1. The minimum atomic E-state index is -0.394. The van der Waals surface area contributed by atoms with Crippen LogP contribution in [-0.4, -0.2) is 49.3 Å². The Labute approximate surface area is 126 Å². The molecule has 1 aromatic rings. The van der Waals surface area contributed by atoms with Crippen molar-refractivity contribution in [2.75, 3.05) is 26.7 Å². The van der Waals surface area contributed by atoms with Crippen molar-refractivity contribution < 1.29 is 14.3 Å². The number of methoxy groups -OCH3 is 1. The Morgan fingerprint density at radius 1 is 1.52 bits per heavy atom. The third-order valence-electron chi connectivity index (χ3n) is 3.62. The van der Waals surface area contributed by atoms with E-state index in [1.165, 1.54) is 0 Å². The van der Waals surface area contributed by atoms with Crippen LogP contribution in [0.3, 0.4) is 0 Å². The van der Waals surface area contributed by atoms with E-state index in [9.17, 15) is 4.79 Å². The van der Waals surface area contributed by atoms with Gasteiger partial charge in [0.2, 0.25) is 0 Å². The van der Waals surface area contributed by atoms with Crippen molar-refractivity contribution >= 4 is 5.91 Å². The Kier molecular flexibility index (Phi) is 4.54. The van der Waals surface area contributed by atoms with Gasteiger partial charge >= 0.3 is 0 Å². The summed E-state index contributed by atoms with van der Waals surface area (Å²) in [5, 5.41) is 0. The summed E-state index contributed by atoms with van der Waals surface area (Å²) in [7, 11) is 1.58. The third-order valence-corrected chi connectivity index (χ3v) is 3.62. The molecule has 21 heavy (non-hydrogen) atoms.